The van der Waals surface area contributed by atoms with Crippen molar-refractivity contribution in [3.8, 4) is 0 Å². The first-order valence-corrected chi connectivity index (χ1v) is 8.98. The van der Waals surface area contributed by atoms with Gasteiger partial charge in [-0.3, -0.25) is 14.9 Å². The summed E-state index contributed by atoms with van der Waals surface area (Å²) < 4.78 is 0. The van der Waals surface area contributed by atoms with Crippen LogP contribution in [0.4, 0.5) is 5.00 Å². The summed E-state index contributed by atoms with van der Waals surface area (Å²) in [7, 11) is 0. The Morgan fingerprint density at radius 3 is 2.43 bits per heavy atom. The lowest BCUT2D eigenvalue weighted by atomic mass is 9.49. The van der Waals surface area contributed by atoms with Gasteiger partial charge >= 0.3 is 5.00 Å². The molecule has 23 heavy (non-hydrogen) atoms. The van der Waals surface area contributed by atoms with Gasteiger partial charge < -0.3 is 0 Å². The molecule has 1 N–H and O–H groups in total. The third-order valence-electron chi connectivity index (χ3n) is 5.69. The van der Waals surface area contributed by atoms with Crippen molar-refractivity contribution < 1.29 is 9.72 Å². The van der Waals surface area contributed by atoms with Crippen LogP contribution in [0.1, 0.15) is 44.1 Å². The van der Waals surface area contributed by atoms with Crippen LogP contribution in [0.3, 0.4) is 0 Å². The van der Waals surface area contributed by atoms with E-state index in [1.165, 1.54) is 31.5 Å². The molecule has 1 heterocycles. The Morgan fingerprint density at radius 2 is 1.91 bits per heavy atom. The van der Waals surface area contributed by atoms with E-state index >= 15 is 0 Å². The minimum absolute atomic E-state index is 0.0394. The lowest BCUT2D eigenvalue weighted by Gasteiger charge is -2.55. The van der Waals surface area contributed by atoms with Gasteiger partial charge in [-0.25, -0.2) is 5.43 Å². The Morgan fingerprint density at radius 1 is 1.30 bits per heavy atom. The smallest absolute Gasteiger partial charge is 0.273 e. The number of nitrogens with one attached hydrogen (secondary N) is 1. The molecular weight excluding hydrogens is 314 g/mol. The van der Waals surface area contributed by atoms with E-state index in [-0.39, 0.29) is 16.3 Å². The molecule has 0 radical (unpaired) electrons. The summed E-state index contributed by atoms with van der Waals surface area (Å²) in [6.07, 6.45) is 8.40. The third-order valence-corrected chi connectivity index (χ3v) is 6.58. The maximum absolute atomic E-state index is 12.7. The maximum Gasteiger partial charge on any atom is 0.324 e. The van der Waals surface area contributed by atoms with Gasteiger partial charge in [-0.1, -0.05) is 11.3 Å². The predicted octanol–water partition coefficient (Wildman–Crippen LogP) is 3.32. The van der Waals surface area contributed by atoms with Crippen LogP contribution < -0.4 is 5.43 Å². The Kier molecular flexibility index (Phi) is 3.48. The van der Waals surface area contributed by atoms with Crippen molar-refractivity contribution in [2.75, 3.05) is 0 Å². The van der Waals surface area contributed by atoms with Crippen LogP contribution >= 0.6 is 11.3 Å². The summed E-state index contributed by atoms with van der Waals surface area (Å²) in [5.41, 5.74) is 3.12. The van der Waals surface area contributed by atoms with Crippen molar-refractivity contribution in [1.29, 1.82) is 0 Å². The fourth-order valence-electron chi connectivity index (χ4n) is 5.18. The number of nitrogens with zero attached hydrogens (tertiary/aromatic N) is 2. The Hall–Kier alpha value is -1.76. The van der Waals surface area contributed by atoms with Crippen molar-refractivity contribution in [1.82, 2.24) is 5.43 Å². The number of carbonyl (C=O) groups excluding carboxylic acids is 1. The molecule has 0 aliphatic heterocycles. The Bertz CT molecular complexity index is 647. The Balaban J connectivity index is 1.42. The highest BCUT2D eigenvalue weighted by Gasteiger charge is 2.54. The van der Waals surface area contributed by atoms with E-state index in [0.29, 0.717) is 5.56 Å². The zero-order chi connectivity index (χ0) is 16.0. The van der Waals surface area contributed by atoms with Crippen LogP contribution in [0.15, 0.2) is 16.5 Å². The number of hydrogen-bond acceptors (Lipinski definition) is 5. The molecule has 0 atom stereocenters. The van der Waals surface area contributed by atoms with Crippen molar-refractivity contribution in [3.63, 3.8) is 0 Å². The standard InChI is InChI=1S/C16H19N3O3S/c20-15(18-17-8-13-4-14(19(21)22)23-9-13)16-5-10-1-11(6-16)3-12(2-10)7-16/h4,8-12H,1-3,5-7H2,(H,18,20). The number of hydrazone groups is 1. The highest BCUT2D eigenvalue weighted by atomic mass is 32.1. The van der Waals surface area contributed by atoms with Crippen LogP contribution in [0.25, 0.3) is 0 Å². The van der Waals surface area contributed by atoms with Crippen LogP contribution in [-0.4, -0.2) is 17.0 Å². The molecule has 0 aromatic carbocycles. The number of hydrogen-bond donors (Lipinski definition) is 1. The zero-order valence-corrected chi connectivity index (χ0v) is 13.6. The second-order valence-electron chi connectivity index (χ2n) is 7.37. The van der Waals surface area contributed by atoms with Gasteiger partial charge in [-0.05, 0) is 56.3 Å². The first kappa shape index (κ1) is 14.8. The van der Waals surface area contributed by atoms with Gasteiger partial charge in [0.05, 0.1) is 16.6 Å². The molecular formula is C16H19N3O3S. The average Bonchev–Trinajstić information content (AvgIpc) is 2.95. The molecule has 4 saturated carbocycles. The highest BCUT2D eigenvalue weighted by Crippen LogP contribution is 2.60. The van der Waals surface area contributed by atoms with Gasteiger partial charge in [0.1, 0.15) is 0 Å². The van der Waals surface area contributed by atoms with E-state index < -0.39 is 4.92 Å². The first-order chi connectivity index (χ1) is 11.0. The molecule has 1 aromatic heterocycles. The summed E-state index contributed by atoms with van der Waals surface area (Å²) in [5, 5.41) is 16.4. The van der Waals surface area contributed by atoms with Gasteiger partial charge in [-0.2, -0.15) is 5.10 Å². The minimum atomic E-state index is -0.421. The molecule has 4 aliphatic rings. The van der Waals surface area contributed by atoms with Gasteiger partial charge in [-0.15, -0.1) is 0 Å². The van der Waals surface area contributed by atoms with Crippen LogP contribution in [-0.2, 0) is 4.79 Å². The van der Waals surface area contributed by atoms with Crippen molar-refractivity contribution in [2.24, 2.45) is 28.3 Å². The molecule has 5 rings (SSSR count). The van der Waals surface area contributed by atoms with E-state index in [1.54, 1.807) is 5.38 Å². The summed E-state index contributed by atoms with van der Waals surface area (Å²) in [4.78, 5) is 22.9. The first-order valence-electron chi connectivity index (χ1n) is 8.10. The second kappa shape index (κ2) is 5.40. The Labute approximate surface area is 138 Å². The molecule has 0 saturated heterocycles. The second-order valence-corrected chi connectivity index (χ2v) is 8.26. The summed E-state index contributed by atoms with van der Waals surface area (Å²) in [6, 6.07) is 1.46. The van der Waals surface area contributed by atoms with Crippen molar-refractivity contribution in [3.05, 3.63) is 27.1 Å². The molecule has 4 bridgehead atoms. The topological polar surface area (TPSA) is 84.6 Å². The monoisotopic (exact) mass is 333 g/mol. The van der Waals surface area contributed by atoms with Gasteiger partial charge in [0.2, 0.25) is 5.91 Å². The normalized spacial score (nSPS) is 34.9. The van der Waals surface area contributed by atoms with Crippen LogP contribution in [0.5, 0.6) is 0 Å². The number of rotatable bonds is 4. The molecule has 0 unspecified atom stereocenters. The van der Waals surface area contributed by atoms with Gasteiger partial charge in [0, 0.05) is 17.0 Å². The van der Waals surface area contributed by atoms with E-state index in [0.717, 1.165) is 48.4 Å². The highest BCUT2D eigenvalue weighted by molar-refractivity contribution is 7.13. The molecule has 6 nitrogen and oxygen atoms in total. The zero-order valence-electron chi connectivity index (χ0n) is 12.7. The van der Waals surface area contributed by atoms with E-state index in [1.807, 2.05) is 0 Å². The SMILES string of the molecule is O=C(NN=Cc1csc([N+](=O)[O-])c1)C12CC3CC(CC(C3)C1)C2. The molecule has 1 aromatic rings. The fraction of sp³-hybridized carbons (Fsp3) is 0.625. The van der Waals surface area contributed by atoms with E-state index in [2.05, 4.69) is 10.5 Å². The number of nitro groups is 1. The quantitative estimate of drug-likeness (QED) is 0.521. The lowest BCUT2D eigenvalue weighted by Crippen LogP contribution is -2.52. The van der Waals surface area contributed by atoms with E-state index in [9.17, 15) is 14.9 Å². The summed E-state index contributed by atoms with van der Waals surface area (Å²) >= 11 is 1.06. The average molecular weight is 333 g/mol. The van der Waals surface area contributed by atoms with Crippen LogP contribution in [0, 0.1) is 33.3 Å². The third kappa shape index (κ3) is 2.67. The summed E-state index contributed by atoms with van der Waals surface area (Å²) in [6.45, 7) is 0. The minimum Gasteiger partial charge on any atom is -0.273 e. The van der Waals surface area contributed by atoms with E-state index in [4.69, 9.17) is 0 Å². The molecule has 4 fully saturated rings. The molecule has 7 heteroatoms. The summed E-state index contributed by atoms with van der Waals surface area (Å²) in [5.74, 6) is 2.19. The van der Waals surface area contributed by atoms with Crippen molar-refractivity contribution in [2.45, 2.75) is 38.5 Å². The molecule has 4 aliphatic carbocycles. The fourth-order valence-corrected chi connectivity index (χ4v) is 5.85. The number of amides is 1. The molecule has 0 spiro atoms. The number of carbonyl (C=O) groups is 1. The van der Waals surface area contributed by atoms with Crippen LogP contribution in [0.2, 0.25) is 0 Å². The van der Waals surface area contributed by atoms with Gasteiger partial charge in [0.15, 0.2) is 0 Å². The van der Waals surface area contributed by atoms with Crippen molar-refractivity contribution >= 4 is 28.5 Å². The largest absolute Gasteiger partial charge is 0.324 e. The molecule has 1 amide bonds. The molecule has 122 valence electrons. The lowest BCUT2D eigenvalue weighted by molar-refractivity contribution is -0.380. The maximum atomic E-state index is 12.7. The number of thiophene rings is 1. The van der Waals surface area contributed by atoms with Gasteiger partial charge in [0.25, 0.3) is 0 Å². The predicted molar refractivity (Wildman–Crippen MR) is 87.3 cm³/mol.